The zero-order valence-electron chi connectivity index (χ0n) is 13.2. The highest BCUT2D eigenvalue weighted by Crippen LogP contribution is 2.29. The summed E-state index contributed by atoms with van der Waals surface area (Å²) in [5, 5.41) is 5.51. The van der Waals surface area contributed by atoms with E-state index in [1.165, 1.54) is 7.11 Å². The molecule has 1 aliphatic heterocycles. The predicted octanol–water partition coefficient (Wildman–Crippen LogP) is 2.26. The van der Waals surface area contributed by atoms with Crippen LogP contribution in [-0.2, 0) is 4.79 Å². The number of esters is 1. The number of amides is 1. The Morgan fingerprint density at radius 3 is 2.48 bits per heavy atom. The van der Waals surface area contributed by atoms with Gasteiger partial charge in [0, 0.05) is 0 Å². The van der Waals surface area contributed by atoms with E-state index in [2.05, 4.69) is 10.6 Å². The molecule has 1 amide bonds. The monoisotopic (exact) mass is 354 g/mol. The number of benzene rings is 2. The molecule has 25 heavy (non-hydrogen) atoms. The third kappa shape index (κ3) is 3.84. The summed E-state index contributed by atoms with van der Waals surface area (Å²) in [6.07, 6.45) is 1.62. The first-order valence-corrected chi connectivity index (χ1v) is 7.77. The SMILES string of the molecule is COc1cc(/C=C2\NC(=S)NC2=O)ccc1OC(=O)c1ccccc1. The Kier molecular flexibility index (Phi) is 4.76. The van der Waals surface area contributed by atoms with Gasteiger partial charge in [-0.15, -0.1) is 0 Å². The van der Waals surface area contributed by atoms with Crippen molar-refractivity contribution in [2.45, 2.75) is 0 Å². The third-order valence-electron chi connectivity index (χ3n) is 3.43. The van der Waals surface area contributed by atoms with Gasteiger partial charge in [0.05, 0.1) is 12.7 Å². The van der Waals surface area contributed by atoms with Crippen LogP contribution in [0.2, 0.25) is 0 Å². The number of hydrogen-bond donors (Lipinski definition) is 2. The average molecular weight is 354 g/mol. The Hall–Kier alpha value is -3.19. The van der Waals surface area contributed by atoms with Crippen LogP contribution in [0.5, 0.6) is 11.5 Å². The van der Waals surface area contributed by atoms with Gasteiger partial charge in [-0.05, 0) is 48.1 Å². The molecule has 6 nitrogen and oxygen atoms in total. The number of methoxy groups -OCH3 is 1. The van der Waals surface area contributed by atoms with E-state index in [-0.39, 0.29) is 16.8 Å². The number of ether oxygens (including phenoxy) is 2. The van der Waals surface area contributed by atoms with Crippen molar-refractivity contribution in [1.29, 1.82) is 0 Å². The summed E-state index contributed by atoms with van der Waals surface area (Å²) in [7, 11) is 1.47. The molecule has 1 aliphatic rings. The van der Waals surface area contributed by atoms with E-state index in [0.29, 0.717) is 22.6 Å². The molecule has 0 atom stereocenters. The summed E-state index contributed by atoms with van der Waals surface area (Å²) in [4.78, 5) is 23.8. The van der Waals surface area contributed by atoms with Gasteiger partial charge in [0.2, 0.25) is 0 Å². The molecule has 7 heteroatoms. The Balaban J connectivity index is 1.83. The summed E-state index contributed by atoms with van der Waals surface area (Å²) >= 11 is 4.89. The standard InChI is InChI=1S/C18H14N2O4S/c1-23-15-10-11(9-13-16(21)20-18(25)19-13)7-8-14(15)24-17(22)12-5-3-2-4-6-12/h2-10H,1H3,(H2,19,20,21,25)/b13-9-. The highest BCUT2D eigenvalue weighted by molar-refractivity contribution is 7.80. The van der Waals surface area contributed by atoms with E-state index in [9.17, 15) is 9.59 Å². The molecule has 0 aromatic heterocycles. The topological polar surface area (TPSA) is 76.7 Å². The van der Waals surface area contributed by atoms with Crippen molar-refractivity contribution in [1.82, 2.24) is 10.6 Å². The summed E-state index contributed by atoms with van der Waals surface area (Å²) in [6, 6.07) is 13.6. The van der Waals surface area contributed by atoms with Crippen LogP contribution in [-0.4, -0.2) is 24.1 Å². The van der Waals surface area contributed by atoms with Crippen LogP contribution in [0.1, 0.15) is 15.9 Å². The second kappa shape index (κ2) is 7.14. The molecule has 1 saturated heterocycles. The van der Waals surface area contributed by atoms with Gasteiger partial charge in [0.15, 0.2) is 16.6 Å². The molecule has 1 heterocycles. The summed E-state index contributed by atoms with van der Waals surface area (Å²) in [5.74, 6) is -0.117. The van der Waals surface area contributed by atoms with Crippen LogP contribution >= 0.6 is 12.2 Å². The molecular weight excluding hydrogens is 340 g/mol. The van der Waals surface area contributed by atoms with Crippen molar-refractivity contribution in [3.63, 3.8) is 0 Å². The third-order valence-corrected chi connectivity index (χ3v) is 3.63. The molecule has 0 bridgehead atoms. The fourth-order valence-corrected chi connectivity index (χ4v) is 2.44. The zero-order chi connectivity index (χ0) is 17.8. The molecular formula is C18H14N2O4S. The first-order chi connectivity index (χ1) is 12.1. The number of carbonyl (C=O) groups is 2. The highest BCUT2D eigenvalue weighted by atomic mass is 32.1. The van der Waals surface area contributed by atoms with Crippen LogP contribution < -0.4 is 20.1 Å². The minimum Gasteiger partial charge on any atom is -0.493 e. The van der Waals surface area contributed by atoms with Gasteiger partial charge in [-0.25, -0.2) is 4.79 Å². The maximum absolute atomic E-state index is 12.2. The second-order valence-corrected chi connectivity index (χ2v) is 5.54. The van der Waals surface area contributed by atoms with Gasteiger partial charge < -0.3 is 14.8 Å². The molecule has 2 N–H and O–H groups in total. The van der Waals surface area contributed by atoms with Crippen molar-refractivity contribution in [2.24, 2.45) is 0 Å². The van der Waals surface area contributed by atoms with Crippen molar-refractivity contribution < 1.29 is 19.1 Å². The van der Waals surface area contributed by atoms with E-state index >= 15 is 0 Å². The first-order valence-electron chi connectivity index (χ1n) is 7.36. The number of nitrogens with one attached hydrogen (secondary N) is 2. The molecule has 0 unspecified atom stereocenters. The number of hydrogen-bond acceptors (Lipinski definition) is 5. The van der Waals surface area contributed by atoms with Crippen molar-refractivity contribution in [3.05, 3.63) is 65.4 Å². The van der Waals surface area contributed by atoms with Crippen molar-refractivity contribution in [2.75, 3.05) is 7.11 Å². The number of thiocarbonyl (C=S) groups is 1. The second-order valence-electron chi connectivity index (χ2n) is 5.13. The summed E-state index contributed by atoms with van der Waals surface area (Å²) < 4.78 is 10.7. The molecule has 2 aromatic rings. The van der Waals surface area contributed by atoms with Crippen molar-refractivity contribution >= 4 is 35.3 Å². The van der Waals surface area contributed by atoms with Crippen LogP contribution in [0.25, 0.3) is 6.08 Å². The zero-order valence-corrected chi connectivity index (χ0v) is 14.1. The van der Waals surface area contributed by atoms with E-state index in [1.54, 1.807) is 48.5 Å². The largest absolute Gasteiger partial charge is 0.493 e. The van der Waals surface area contributed by atoms with Crippen molar-refractivity contribution in [3.8, 4) is 11.5 Å². The molecule has 2 aromatic carbocycles. The lowest BCUT2D eigenvalue weighted by Crippen LogP contribution is -2.21. The predicted molar refractivity (Wildman–Crippen MR) is 96.2 cm³/mol. The quantitative estimate of drug-likeness (QED) is 0.380. The smallest absolute Gasteiger partial charge is 0.343 e. The van der Waals surface area contributed by atoms with E-state index in [1.807, 2.05) is 6.07 Å². The molecule has 1 fully saturated rings. The Labute approximate surface area is 149 Å². The first kappa shape index (κ1) is 16.7. The van der Waals surface area contributed by atoms with Gasteiger partial charge in [-0.3, -0.25) is 10.1 Å². The summed E-state index contributed by atoms with van der Waals surface area (Å²) in [6.45, 7) is 0. The van der Waals surface area contributed by atoms with Gasteiger partial charge >= 0.3 is 5.97 Å². The minimum atomic E-state index is -0.479. The fraction of sp³-hybridized carbons (Fsp3) is 0.0556. The Bertz CT molecular complexity index is 878. The van der Waals surface area contributed by atoms with E-state index < -0.39 is 5.97 Å². The fourth-order valence-electron chi connectivity index (χ4n) is 2.24. The molecule has 0 radical (unpaired) electrons. The lowest BCUT2D eigenvalue weighted by Gasteiger charge is -2.10. The number of rotatable bonds is 4. The Morgan fingerprint density at radius 2 is 1.84 bits per heavy atom. The van der Waals surface area contributed by atoms with E-state index in [4.69, 9.17) is 21.7 Å². The van der Waals surface area contributed by atoms with Gasteiger partial charge in [-0.1, -0.05) is 24.3 Å². The Morgan fingerprint density at radius 1 is 1.08 bits per heavy atom. The summed E-state index contributed by atoms with van der Waals surface area (Å²) in [5.41, 5.74) is 1.47. The average Bonchev–Trinajstić information content (AvgIpc) is 2.94. The number of carbonyl (C=O) groups excluding carboxylic acids is 2. The maximum Gasteiger partial charge on any atom is 0.343 e. The van der Waals surface area contributed by atoms with Crippen LogP contribution in [0.4, 0.5) is 0 Å². The lowest BCUT2D eigenvalue weighted by atomic mass is 10.1. The maximum atomic E-state index is 12.2. The normalized spacial score (nSPS) is 14.8. The molecule has 0 aliphatic carbocycles. The molecule has 3 rings (SSSR count). The molecule has 126 valence electrons. The van der Waals surface area contributed by atoms with Crippen LogP contribution in [0, 0.1) is 0 Å². The lowest BCUT2D eigenvalue weighted by molar-refractivity contribution is -0.115. The van der Waals surface area contributed by atoms with Gasteiger partial charge in [0.25, 0.3) is 5.91 Å². The van der Waals surface area contributed by atoms with Gasteiger partial charge in [0.1, 0.15) is 5.70 Å². The van der Waals surface area contributed by atoms with Crippen LogP contribution in [0.3, 0.4) is 0 Å². The molecule has 0 saturated carbocycles. The van der Waals surface area contributed by atoms with Gasteiger partial charge in [-0.2, -0.15) is 0 Å². The highest BCUT2D eigenvalue weighted by Gasteiger charge is 2.20. The molecule has 0 spiro atoms. The van der Waals surface area contributed by atoms with E-state index in [0.717, 1.165) is 0 Å². The van der Waals surface area contributed by atoms with Crippen LogP contribution in [0.15, 0.2) is 54.2 Å². The minimum absolute atomic E-state index is 0.261.